The Morgan fingerprint density at radius 2 is 2.28 bits per heavy atom. The van der Waals surface area contributed by atoms with Crippen LogP contribution in [0.3, 0.4) is 0 Å². The predicted molar refractivity (Wildman–Crippen MR) is 69.9 cm³/mol. The summed E-state index contributed by atoms with van der Waals surface area (Å²) < 4.78 is 18.4. The highest BCUT2D eigenvalue weighted by molar-refractivity contribution is 6.31. The molecular weight excluding hydrogens is 280 g/mol. The molecule has 0 bridgehead atoms. The second-order valence-corrected chi connectivity index (χ2v) is 4.72. The van der Waals surface area contributed by atoms with Crippen LogP contribution in [0, 0.1) is 5.82 Å². The number of carbonyl (C=O) groups is 1. The molecule has 6 heteroatoms. The first-order valence-corrected chi connectivity index (χ1v) is 6.23. The molecule has 0 spiro atoms. The smallest absolute Gasteiger partial charge is 0.254 e. The summed E-state index contributed by atoms with van der Waals surface area (Å²) >= 11 is 11.5. The van der Waals surface area contributed by atoms with Crippen LogP contribution in [0.1, 0.15) is 16.8 Å². The second-order valence-electron chi connectivity index (χ2n) is 3.70. The van der Waals surface area contributed by atoms with Crippen molar-refractivity contribution < 1.29 is 13.9 Å². The number of halogens is 3. The SMILES string of the molecule is COCC(Cl)CCNC(=O)c1cccc(Cl)c1F. The molecule has 1 aromatic rings. The number of carbonyl (C=O) groups excluding carboxylic acids is 1. The summed E-state index contributed by atoms with van der Waals surface area (Å²) in [7, 11) is 1.55. The van der Waals surface area contributed by atoms with Gasteiger partial charge in [-0.05, 0) is 18.6 Å². The molecule has 3 nitrogen and oxygen atoms in total. The molecule has 0 saturated heterocycles. The van der Waals surface area contributed by atoms with Crippen molar-refractivity contribution in [1.82, 2.24) is 5.32 Å². The number of alkyl halides is 1. The van der Waals surface area contributed by atoms with Crippen molar-refractivity contribution in [1.29, 1.82) is 0 Å². The van der Waals surface area contributed by atoms with Crippen molar-refractivity contribution in [3.8, 4) is 0 Å². The van der Waals surface area contributed by atoms with Crippen LogP contribution in [-0.4, -0.2) is 31.5 Å². The Labute approximate surface area is 115 Å². The summed E-state index contributed by atoms with van der Waals surface area (Å²) in [6.07, 6.45) is 0.545. The number of rotatable bonds is 6. The normalized spacial score (nSPS) is 12.2. The fraction of sp³-hybridized carbons (Fsp3) is 0.417. The van der Waals surface area contributed by atoms with Crippen molar-refractivity contribution in [2.24, 2.45) is 0 Å². The summed E-state index contributed by atoms with van der Waals surface area (Å²) in [5.74, 6) is -1.22. The molecule has 0 aliphatic rings. The molecule has 100 valence electrons. The predicted octanol–water partition coefficient (Wildman–Crippen LogP) is 2.85. The van der Waals surface area contributed by atoms with Crippen molar-refractivity contribution in [2.75, 3.05) is 20.3 Å². The van der Waals surface area contributed by atoms with Gasteiger partial charge in [-0.1, -0.05) is 17.7 Å². The quantitative estimate of drug-likeness (QED) is 0.819. The first-order valence-electron chi connectivity index (χ1n) is 5.41. The van der Waals surface area contributed by atoms with Gasteiger partial charge in [-0.25, -0.2) is 4.39 Å². The van der Waals surface area contributed by atoms with E-state index in [1.807, 2.05) is 0 Å². The number of hydrogen-bond donors (Lipinski definition) is 1. The van der Waals surface area contributed by atoms with E-state index >= 15 is 0 Å². The number of amides is 1. The lowest BCUT2D eigenvalue weighted by atomic mass is 10.2. The van der Waals surface area contributed by atoms with Gasteiger partial charge in [0.05, 0.1) is 22.6 Å². The number of benzene rings is 1. The van der Waals surface area contributed by atoms with Gasteiger partial charge in [0, 0.05) is 13.7 Å². The zero-order chi connectivity index (χ0) is 13.5. The zero-order valence-corrected chi connectivity index (χ0v) is 11.4. The summed E-state index contributed by atoms with van der Waals surface area (Å²) in [4.78, 5) is 11.7. The molecule has 0 aliphatic carbocycles. The van der Waals surface area contributed by atoms with E-state index in [9.17, 15) is 9.18 Å². The number of nitrogens with one attached hydrogen (secondary N) is 1. The molecule has 0 saturated carbocycles. The van der Waals surface area contributed by atoms with E-state index in [4.69, 9.17) is 27.9 Å². The molecule has 0 radical (unpaired) electrons. The molecule has 1 unspecified atom stereocenters. The summed E-state index contributed by atoms with van der Waals surface area (Å²) in [5, 5.41) is 2.33. The van der Waals surface area contributed by atoms with Crippen LogP contribution < -0.4 is 5.32 Å². The lowest BCUT2D eigenvalue weighted by Crippen LogP contribution is -2.27. The first kappa shape index (κ1) is 15.2. The highest BCUT2D eigenvalue weighted by Crippen LogP contribution is 2.17. The summed E-state index contributed by atoms with van der Waals surface area (Å²) in [6, 6.07) is 4.29. The third-order valence-electron chi connectivity index (χ3n) is 2.29. The van der Waals surface area contributed by atoms with Gasteiger partial charge in [0.15, 0.2) is 5.82 Å². The van der Waals surface area contributed by atoms with E-state index in [-0.39, 0.29) is 16.0 Å². The molecule has 1 aromatic carbocycles. The van der Waals surface area contributed by atoms with E-state index in [2.05, 4.69) is 5.32 Å². The molecule has 1 N–H and O–H groups in total. The van der Waals surface area contributed by atoms with E-state index in [0.29, 0.717) is 19.6 Å². The molecule has 0 aliphatic heterocycles. The topological polar surface area (TPSA) is 38.3 Å². The van der Waals surface area contributed by atoms with Crippen LogP contribution in [0.4, 0.5) is 4.39 Å². The van der Waals surface area contributed by atoms with Gasteiger partial charge in [-0.15, -0.1) is 11.6 Å². The average molecular weight is 294 g/mol. The van der Waals surface area contributed by atoms with E-state index in [1.165, 1.54) is 18.2 Å². The fourth-order valence-corrected chi connectivity index (χ4v) is 1.79. The number of hydrogen-bond acceptors (Lipinski definition) is 2. The van der Waals surface area contributed by atoms with Crippen molar-refractivity contribution in [3.05, 3.63) is 34.6 Å². The van der Waals surface area contributed by atoms with E-state index < -0.39 is 11.7 Å². The Morgan fingerprint density at radius 3 is 2.94 bits per heavy atom. The van der Waals surface area contributed by atoms with Crippen molar-refractivity contribution in [3.63, 3.8) is 0 Å². The number of methoxy groups -OCH3 is 1. The van der Waals surface area contributed by atoms with Gasteiger partial charge < -0.3 is 10.1 Å². The van der Waals surface area contributed by atoms with Gasteiger partial charge in [0.25, 0.3) is 5.91 Å². The largest absolute Gasteiger partial charge is 0.383 e. The summed E-state index contributed by atoms with van der Waals surface area (Å²) in [6.45, 7) is 0.755. The second kappa shape index (κ2) is 7.56. The minimum absolute atomic E-state index is 0.0691. The fourth-order valence-electron chi connectivity index (χ4n) is 1.38. The standard InChI is InChI=1S/C12H14Cl2FNO2/c1-18-7-8(13)5-6-16-12(17)9-3-2-4-10(14)11(9)15/h2-4,8H,5-7H2,1H3,(H,16,17). The Bertz CT molecular complexity index is 415. The Morgan fingerprint density at radius 1 is 1.56 bits per heavy atom. The monoisotopic (exact) mass is 293 g/mol. The van der Waals surface area contributed by atoms with Crippen LogP contribution in [0.25, 0.3) is 0 Å². The van der Waals surface area contributed by atoms with Gasteiger partial charge in [-0.3, -0.25) is 4.79 Å². The van der Waals surface area contributed by atoms with Crippen molar-refractivity contribution in [2.45, 2.75) is 11.8 Å². The van der Waals surface area contributed by atoms with Gasteiger partial charge in [-0.2, -0.15) is 0 Å². The highest BCUT2D eigenvalue weighted by Gasteiger charge is 2.14. The Hall–Kier alpha value is -0.840. The third-order valence-corrected chi connectivity index (χ3v) is 2.92. The van der Waals surface area contributed by atoms with Crippen LogP contribution in [0.5, 0.6) is 0 Å². The van der Waals surface area contributed by atoms with Crippen LogP contribution >= 0.6 is 23.2 Å². The molecule has 0 fully saturated rings. The lowest BCUT2D eigenvalue weighted by molar-refractivity contribution is 0.0947. The average Bonchev–Trinajstić information content (AvgIpc) is 2.33. The number of ether oxygens (including phenoxy) is 1. The molecular formula is C12H14Cl2FNO2. The minimum atomic E-state index is -0.712. The van der Waals surface area contributed by atoms with Crippen LogP contribution in [0.2, 0.25) is 5.02 Å². The third kappa shape index (κ3) is 4.44. The van der Waals surface area contributed by atoms with Gasteiger partial charge in [0.2, 0.25) is 0 Å². The maximum absolute atomic E-state index is 13.5. The molecule has 0 heterocycles. The molecule has 1 atom stereocenters. The molecule has 0 aromatic heterocycles. The Kier molecular flexibility index (Phi) is 6.39. The summed E-state index contributed by atoms with van der Waals surface area (Å²) in [5.41, 5.74) is -0.0691. The molecule has 1 rings (SSSR count). The van der Waals surface area contributed by atoms with Crippen molar-refractivity contribution >= 4 is 29.1 Å². The first-order chi connectivity index (χ1) is 8.56. The highest BCUT2D eigenvalue weighted by atomic mass is 35.5. The maximum Gasteiger partial charge on any atom is 0.254 e. The zero-order valence-electron chi connectivity index (χ0n) is 9.88. The van der Waals surface area contributed by atoms with Crippen LogP contribution in [-0.2, 0) is 4.74 Å². The lowest BCUT2D eigenvalue weighted by Gasteiger charge is -2.10. The van der Waals surface area contributed by atoms with E-state index in [1.54, 1.807) is 7.11 Å². The molecule has 18 heavy (non-hydrogen) atoms. The van der Waals surface area contributed by atoms with Gasteiger partial charge in [0.1, 0.15) is 0 Å². The van der Waals surface area contributed by atoms with E-state index in [0.717, 1.165) is 0 Å². The van der Waals surface area contributed by atoms with Gasteiger partial charge >= 0.3 is 0 Å². The van der Waals surface area contributed by atoms with Crippen LogP contribution in [0.15, 0.2) is 18.2 Å². The Balaban J connectivity index is 2.48. The minimum Gasteiger partial charge on any atom is -0.383 e. The maximum atomic E-state index is 13.5. The molecule has 1 amide bonds.